The molecule has 1 aromatic carbocycles. The van der Waals surface area contributed by atoms with Crippen molar-refractivity contribution in [2.24, 2.45) is 11.7 Å². The van der Waals surface area contributed by atoms with Gasteiger partial charge in [0.05, 0.1) is 9.79 Å². The van der Waals surface area contributed by atoms with Crippen molar-refractivity contribution in [3.8, 4) is 0 Å². The van der Waals surface area contributed by atoms with Crippen molar-refractivity contribution in [2.45, 2.75) is 43.0 Å². The second-order valence-electron chi connectivity index (χ2n) is 6.34. The van der Waals surface area contributed by atoms with Crippen LogP contribution in [0.4, 0.5) is 0 Å². The molecule has 142 valence electrons. The third-order valence-electron chi connectivity index (χ3n) is 4.72. The van der Waals surface area contributed by atoms with Crippen LogP contribution in [0.3, 0.4) is 0 Å². The third-order valence-corrected chi connectivity index (χ3v) is 8.62. The Kier molecular flexibility index (Phi) is 6.26. The molecule has 0 saturated carbocycles. The topological polar surface area (TPSA) is 101 Å². The second kappa shape index (κ2) is 7.71. The number of benzene rings is 1. The summed E-state index contributed by atoms with van der Waals surface area (Å²) in [5.74, 6) is 0.123. The molecule has 1 saturated heterocycles. The molecular formula is C16H27N3O4S2. The minimum absolute atomic E-state index is 0.000199. The lowest BCUT2D eigenvalue weighted by molar-refractivity contribution is 0.429. The summed E-state index contributed by atoms with van der Waals surface area (Å²) in [6.45, 7) is 6.81. The molecule has 1 fully saturated rings. The van der Waals surface area contributed by atoms with Gasteiger partial charge in [0, 0.05) is 32.2 Å². The van der Waals surface area contributed by atoms with Crippen molar-refractivity contribution in [1.82, 2.24) is 8.61 Å². The maximum Gasteiger partial charge on any atom is 0.243 e. The summed E-state index contributed by atoms with van der Waals surface area (Å²) in [6, 6.07) is 5.52. The largest absolute Gasteiger partial charge is 0.328 e. The van der Waals surface area contributed by atoms with E-state index in [1.165, 1.54) is 32.9 Å². The summed E-state index contributed by atoms with van der Waals surface area (Å²) in [4.78, 5) is 0.00581. The van der Waals surface area contributed by atoms with Gasteiger partial charge in [0.25, 0.3) is 0 Å². The molecule has 0 amide bonds. The van der Waals surface area contributed by atoms with E-state index in [4.69, 9.17) is 5.73 Å². The quantitative estimate of drug-likeness (QED) is 0.752. The van der Waals surface area contributed by atoms with Gasteiger partial charge < -0.3 is 5.73 Å². The average molecular weight is 390 g/mol. The molecule has 2 N–H and O–H groups in total. The number of nitrogens with two attached hydrogens (primary N) is 1. The van der Waals surface area contributed by atoms with Crippen molar-refractivity contribution >= 4 is 20.0 Å². The lowest BCUT2D eigenvalue weighted by Gasteiger charge is -2.20. The molecule has 0 aromatic heterocycles. The highest BCUT2D eigenvalue weighted by molar-refractivity contribution is 7.90. The molecule has 2 unspecified atom stereocenters. The first kappa shape index (κ1) is 20.3. The first-order chi connectivity index (χ1) is 11.6. The van der Waals surface area contributed by atoms with Gasteiger partial charge in [-0.2, -0.15) is 8.61 Å². The van der Waals surface area contributed by atoms with Crippen LogP contribution in [-0.2, 0) is 20.0 Å². The van der Waals surface area contributed by atoms with Crippen LogP contribution < -0.4 is 5.73 Å². The van der Waals surface area contributed by atoms with Crippen molar-refractivity contribution in [3.63, 3.8) is 0 Å². The average Bonchev–Trinajstić information content (AvgIpc) is 3.07. The Morgan fingerprint density at radius 2 is 1.80 bits per heavy atom. The van der Waals surface area contributed by atoms with Gasteiger partial charge in [-0.25, -0.2) is 16.8 Å². The van der Waals surface area contributed by atoms with Crippen LogP contribution in [0.25, 0.3) is 0 Å². The molecule has 9 heteroatoms. The molecular weight excluding hydrogens is 362 g/mol. The fraction of sp³-hybridized carbons (Fsp3) is 0.625. The van der Waals surface area contributed by atoms with E-state index in [9.17, 15) is 16.8 Å². The van der Waals surface area contributed by atoms with Crippen LogP contribution in [-0.4, -0.2) is 57.7 Å². The van der Waals surface area contributed by atoms with Gasteiger partial charge in [0.15, 0.2) is 0 Å². The molecule has 1 heterocycles. The zero-order valence-electron chi connectivity index (χ0n) is 14.9. The summed E-state index contributed by atoms with van der Waals surface area (Å²) in [6.07, 6.45) is 0.717. The minimum atomic E-state index is -3.73. The Bertz CT molecular complexity index is 802. The van der Waals surface area contributed by atoms with Gasteiger partial charge >= 0.3 is 0 Å². The zero-order valence-corrected chi connectivity index (χ0v) is 16.6. The summed E-state index contributed by atoms with van der Waals surface area (Å²) in [7, 11) is -7.43. The number of rotatable bonds is 7. The summed E-state index contributed by atoms with van der Waals surface area (Å²) in [5.41, 5.74) is 5.88. The van der Waals surface area contributed by atoms with Crippen molar-refractivity contribution in [1.29, 1.82) is 0 Å². The van der Waals surface area contributed by atoms with Gasteiger partial charge in [-0.15, -0.1) is 0 Å². The fourth-order valence-corrected chi connectivity index (χ4v) is 6.20. The molecule has 1 aliphatic heterocycles. The van der Waals surface area contributed by atoms with Gasteiger partial charge in [-0.3, -0.25) is 0 Å². The molecule has 0 aliphatic carbocycles. The number of nitrogens with zero attached hydrogens (tertiary/aromatic N) is 2. The summed E-state index contributed by atoms with van der Waals surface area (Å²) in [5, 5.41) is 0. The summed E-state index contributed by atoms with van der Waals surface area (Å²) >= 11 is 0. The van der Waals surface area contributed by atoms with Crippen LogP contribution >= 0.6 is 0 Å². The van der Waals surface area contributed by atoms with Crippen LogP contribution in [0.1, 0.15) is 27.2 Å². The van der Waals surface area contributed by atoms with Gasteiger partial charge in [-0.1, -0.05) is 19.9 Å². The predicted octanol–water partition coefficient (Wildman–Crippen LogP) is 1.07. The van der Waals surface area contributed by atoms with E-state index in [1.807, 2.05) is 6.92 Å². The Balaban J connectivity index is 2.35. The standard InChI is InChI=1S/C16H27N3O4S2/c1-4-18(5-2)24(20,21)15-7-6-8-16(11-15)25(22,23)19-10-9-14(12-19)13(3)17/h6-8,11,13-14H,4-5,9-10,12,17H2,1-3H3. The number of hydrogen-bond donors (Lipinski definition) is 1. The number of hydrogen-bond acceptors (Lipinski definition) is 5. The molecule has 2 rings (SSSR count). The van der Waals surface area contributed by atoms with E-state index in [0.29, 0.717) is 32.6 Å². The zero-order chi connectivity index (χ0) is 18.8. The van der Waals surface area contributed by atoms with Crippen molar-refractivity contribution in [3.05, 3.63) is 24.3 Å². The monoisotopic (exact) mass is 389 g/mol. The lowest BCUT2D eigenvalue weighted by atomic mass is 10.0. The van der Waals surface area contributed by atoms with Crippen LogP contribution in [0.5, 0.6) is 0 Å². The SMILES string of the molecule is CCN(CC)S(=O)(=O)c1cccc(S(=O)(=O)N2CCC(C(C)N)C2)c1. The smallest absolute Gasteiger partial charge is 0.243 e. The molecule has 25 heavy (non-hydrogen) atoms. The van der Waals surface area contributed by atoms with E-state index in [0.717, 1.165) is 0 Å². The molecule has 1 aromatic rings. The van der Waals surface area contributed by atoms with Crippen LogP contribution in [0.2, 0.25) is 0 Å². The van der Waals surface area contributed by atoms with Crippen molar-refractivity contribution in [2.75, 3.05) is 26.2 Å². The Hall–Kier alpha value is -1.00. The van der Waals surface area contributed by atoms with Gasteiger partial charge in [0.1, 0.15) is 0 Å². The highest BCUT2D eigenvalue weighted by atomic mass is 32.2. The highest BCUT2D eigenvalue weighted by Gasteiger charge is 2.34. The molecule has 0 spiro atoms. The molecule has 1 aliphatic rings. The van der Waals surface area contributed by atoms with Crippen LogP contribution in [0, 0.1) is 5.92 Å². The summed E-state index contributed by atoms with van der Waals surface area (Å²) < 4.78 is 53.7. The second-order valence-corrected chi connectivity index (χ2v) is 10.2. The Labute approximate surface area is 150 Å². The van der Waals surface area contributed by atoms with E-state index in [1.54, 1.807) is 13.8 Å². The molecule has 2 atom stereocenters. The first-order valence-corrected chi connectivity index (χ1v) is 11.4. The predicted molar refractivity (Wildman–Crippen MR) is 97.1 cm³/mol. The normalized spacial score (nSPS) is 20.9. The van der Waals surface area contributed by atoms with E-state index in [-0.39, 0.29) is 21.8 Å². The van der Waals surface area contributed by atoms with Gasteiger partial charge in [-0.05, 0) is 37.5 Å². The van der Waals surface area contributed by atoms with Crippen LogP contribution in [0.15, 0.2) is 34.1 Å². The fourth-order valence-electron chi connectivity index (χ4n) is 3.06. The molecule has 0 radical (unpaired) electrons. The molecule has 0 bridgehead atoms. The minimum Gasteiger partial charge on any atom is -0.328 e. The van der Waals surface area contributed by atoms with E-state index < -0.39 is 20.0 Å². The number of sulfonamides is 2. The van der Waals surface area contributed by atoms with E-state index >= 15 is 0 Å². The molecule has 7 nitrogen and oxygen atoms in total. The van der Waals surface area contributed by atoms with Crippen molar-refractivity contribution < 1.29 is 16.8 Å². The van der Waals surface area contributed by atoms with E-state index in [2.05, 4.69) is 0 Å². The maximum absolute atomic E-state index is 12.9. The lowest BCUT2D eigenvalue weighted by Crippen LogP contribution is -2.33. The Morgan fingerprint density at radius 1 is 1.20 bits per heavy atom. The third kappa shape index (κ3) is 4.06. The van der Waals surface area contributed by atoms with Gasteiger partial charge in [0.2, 0.25) is 20.0 Å². The Morgan fingerprint density at radius 3 is 2.32 bits per heavy atom. The maximum atomic E-state index is 12.9. The highest BCUT2D eigenvalue weighted by Crippen LogP contribution is 2.27. The first-order valence-electron chi connectivity index (χ1n) is 8.50.